The fourth-order valence-electron chi connectivity index (χ4n) is 2.27. The molecule has 4 nitrogen and oxygen atoms in total. The Morgan fingerprint density at radius 2 is 1.74 bits per heavy atom. The van der Waals surface area contributed by atoms with Crippen molar-refractivity contribution in [1.82, 2.24) is 0 Å². The lowest BCUT2D eigenvalue weighted by Crippen LogP contribution is -2.34. The molecule has 0 saturated heterocycles. The van der Waals surface area contributed by atoms with Gasteiger partial charge in [0, 0.05) is 0 Å². The maximum Gasteiger partial charge on any atom is 0.373 e. The number of benzene rings is 2. The van der Waals surface area contributed by atoms with E-state index in [1.54, 1.807) is 12.1 Å². The molecule has 0 aromatic heterocycles. The summed E-state index contributed by atoms with van der Waals surface area (Å²) in [6, 6.07) is 10.9. The molecule has 2 aromatic rings. The zero-order valence-electron chi connectivity index (χ0n) is 9.63. The molecule has 0 aliphatic heterocycles. The van der Waals surface area contributed by atoms with Crippen LogP contribution in [0.2, 0.25) is 0 Å². The van der Waals surface area contributed by atoms with Crippen LogP contribution in [0.25, 0.3) is 16.3 Å². The van der Waals surface area contributed by atoms with Crippen molar-refractivity contribution in [2.75, 3.05) is 0 Å². The lowest BCUT2D eigenvalue weighted by atomic mass is 9.86. The fourth-order valence-corrected chi connectivity index (χ4v) is 2.55. The predicted molar refractivity (Wildman–Crippen MR) is 70.3 cm³/mol. The lowest BCUT2D eigenvalue weighted by Gasteiger charge is -2.16. The van der Waals surface area contributed by atoms with Gasteiger partial charge in [-0.15, -0.1) is 11.6 Å². The van der Waals surface area contributed by atoms with E-state index in [9.17, 15) is 9.59 Å². The van der Waals surface area contributed by atoms with Crippen molar-refractivity contribution in [1.29, 1.82) is 0 Å². The first-order valence-corrected chi connectivity index (χ1v) is 6.05. The molecule has 0 bridgehead atoms. The van der Waals surface area contributed by atoms with Crippen LogP contribution in [0, 0.1) is 0 Å². The molecule has 1 aliphatic rings. The van der Waals surface area contributed by atoms with E-state index in [4.69, 9.17) is 17.1 Å². The first-order chi connectivity index (χ1) is 9.13. The fraction of sp³-hybridized carbons (Fsp3) is 0.0714. The minimum Gasteiger partial charge on any atom is -0.361 e. The molecule has 0 heterocycles. The van der Waals surface area contributed by atoms with E-state index in [0.29, 0.717) is 11.1 Å². The van der Waals surface area contributed by atoms with Crippen molar-refractivity contribution in [3.8, 4) is 0 Å². The van der Waals surface area contributed by atoms with Crippen LogP contribution in [0.5, 0.6) is 0 Å². The Bertz CT molecular complexity index is 791. The zero-order valence-corrected chi connectivity index (χ0v) is 10.4. The molecule has 1 unspecified atom stereocenters. The summed E-state index contributed by atoms with van der Waals surface area (Å²) in [4.78, 5) is 26.4. The Morgan fingerprint density at radius 1 is 1.11 bits per heavy atom. The minimum absolute atomic E-state index is 0.248. The molecular weight excluding hydrogens is 264 g/mol. The number of rotatable bonds is 0. The van der Waals surface area contributed by atoms with E-state index < -0.39 is 16.9 Å². The molecule has 92 valence electrons. The van der Waals surface area contributed by atoms with Crippen LogP contribution in [-0.2, 0) is 9.59 Å². The number of halogens is 1. The quantitative estimate of drug-likeness (QED) is 0.319. The molecule has 0 fully saturated rings. The summed E-state index contributed by atoms with van der Waals surface area (Å²) < 4.78 is 0. The van der Waals surface area contributed by atoms with Crippen molar-refractivity contribution in [3.05, 3.63) is 53.1 Å². The van der Waals surface area contributed by atoms with Gasteiger partial charge in [-0.25, -0.2) is 0 Å². The van der Waals surface area contributed by atoms with Crippen LogP contribution in [0.1, 0.15) is 16.5 Å². The first kappa shape index (κ1) is 11.8. The summed E-state index contributed by atoms with van der Waals surface area (Å²) in [5, 5.41) is 0.761. The molecule has 0 saturated carbocycles. The van der Waals surface area contributed by atoms with Crippen molar-refractivity contribution in [2.45, 2.75) is 5.38 Å². The van der Waals surface area contributed by atoms with Crippen LogP contribution in [-0.4, -0.2) is 22.1 Å². The van der Waals surface area contributed by atoms with Gasteiger partial charge >= 0.3 is 11.5 Å². The summed E-state index contributed by atoms with van der Waals surface area (Å²) in [6.07, 6.45) is 0. The molecule has 0 N–H and O–H groups in total. The normalized spacial score (nSPS) is 18.4. The van der Waals surface area contributed by atoms with Gasteiger partial charge < -0.3 is 5.53 Å². The van der Waals surface area contributed by atoms with Crippen molar-refractivity contribution < 1.29 is 14.4 Å². The van der Waals surface area contributed by atoms with E-state index in [1.165, 1.54) is 0 Å². The Balaban J connectivity index is 2.41. The third kappa shape index (κ3) is 1.62. The van der Waals surface area contributed by atoms with Gasteiger partial charge in [-0.1, -0.05) is 24.3 Å². The summed E-state index contributed by atoms with van der Waals surface area (Å²) >= 11 is 6.01. The monoisotopic (exact) mass is 270 g/mol. The van der Waals surface area contributed by atoms with E-state index in [1.807, 2.05) is 24.3 Å². The summed E-state index contributed by atoms with van der Waals surface area (Å²) in [7, 11) is 0. The third-order valence-corrected chi connectivity index (χ3v) is 3.65. The highest BCUT2D eigenvalue weighted by Crippen LogP contribution is 2.33. The Hall–Kier alpha value is -2.29. The Morgan fingerprint density at radius 3 is 2.37 bits per heavy atom. The van der Waals surface area contributed by atoms with Crippen molar-refractivity contribution >= 4 is 39.7 Å². The van der Waals surface area contributed by atoms with Crippen LogP contribution < -0.4 is 0 Å². The summed E-state index contributed by atoms with van der Waals surface area (Å²) in [5.41, 5.74) is 9.61. The van der Waals surface area contributed by atoms with Gasteiger partial charge in [0.15, 0.2) is 0 Å². The molecule has 1 aliphatic carbocycles. The molecule has 1 atom stereocenters. The number of fused-ring (bicyclic) bond motifs is 2. The van der Waals surface area contributed by atoms with Crippen LogP contribution in [0.15, 0.2) is 36.4 Å². The summed E-state index contributed by atoms with van der Waals surface area (Å²) in [5.74, 6) is -1.62. The zero-order chi connectivity index (χ0) is 13.6. The average molecular weight is 271 g/mol. The summed E-state index contributed by atoms with van der Waals surface area (Å²) in [6.45, 7) is 0. The smallest absolute Gasteiger partial charge is 0.361 e. The molecule has 2 aromatic carbocycles. The topological polar surface area (TPSA) is 70.5 Å². The molecule has 0 amide bonds. The number of nitrogens with zero attached hydrogens (tertiary/aromatic N) is 2. The highest BCUT2D eigenvalue weighted by Gasteiger charge is 2.42. The molecule has 19 heavy (non-hydrogen) atoms. The second-order valence-electron chi connectivity index (χ2n) is 4.29. The first-order valence-electron chi connectivity index (χ1n) is 5.61. The number of ketones is 2. The number of carbonyl (C=O) groups excluding carboxylic acids is 2. The van der Waals surface area contributed by atoms with Gasteiger partial charge in [-0.2, -0.15) is 4.79 Å². The number of alkyl halides is 1. The van der Waals surface area contributed by atoms with Gasteiger partial charge in [-0.05, 0) is 28.5 Å². The Labute approximate surface area is 113 Å². The van der Waals surface area contributed by atoms with Gasteiger partial charge in [0.05, 0.1) is 5.56 Å². The number of Topliss-reactive ketones (excluding diaryl/α,β-unsaturated/α-hetero) is 2. The highest BCUT2D eigenvalue weighted by atomic mass is 35.5. The lowest BCUT2D eigenvalue weighted by molar-refractivity contribution is -0.135. The van der Waals surface area contributed by atoms with E-state index in [0.717, 1.165) is 10.8 Å². The second kappa shape index (κ2) is 4.12. The van der Waals surface area contributed by atoms with Crippen LogP contribution in [0.4, 0.5) is 0 Å². The largest absolute Gasteiger partial charge is 0.373 e. The highest BCUT2D eigenvalue weighted by molar-refractivity contribution is 6.72. The van der Waals surface area contributed by atoms with Crippen molar-refractivity contribution in [2.24, 2.45) is 0 Å². The van der Waals surface area contributed by atoms with Crippen LogP contribution in [0.3, 0.4) is 0 Å². The second-order valence-corrected chi connectivity index (χ2v) is 4.73. The molecule has 0 radical (unpaired) electrons. The molecule has 5 heteroatoms. The maximum absolute atomic E-state index is 11.7. The maximum atomic E-state index is 11.7. The standard InChI is InChI=1S/C14H7ClN2O2/c15-11-9-5-7-3-1-2-4-8(7)6-10(9)12(17-16)14(19)13(11)18/h1-6,11H. The number of carbonyl (C=O) groups is 2. The van der Waals surface area contributed by atoms with Gasteiger partial charge in [0.1, 0.15) is 5.38 Å². The average Bonchev–Trinajstić information content (AvgIpc) is 2.44. The molecule has 0 spiro atoms. The molecular formula is C14H7ClN2O2. The van der Waals surface area contributed by atoms with Gasteiger partial charge in [0.2, 0.25) is 5.78 Å². The van der Waals surface area contributed by atoms with E-state index in [2.05, 4.69) is 4.79 Å². The van der Waals surface area contributed by atoms with Crippen LogP contribution >= 0.6 is 11.6 Å². The van der Waals surface area contributed by atoms with Gasteiger partial charge in [0.25, 0.3) is 0 Å². The van der Waals surface area contributed by atoms with E-state index >= 15 is 0 Å². The van der Waals surface area contributed by atoms with Crippen molar-refractivity contribution in [3.63, 3.8) is 0 Å². The SMILES string of the molecule is [N-]=[N+]=C1C(=O)C(=O)C(Cl)c2cc3ccccc3cc21. The third-order valence-electron chi connectivity index (χ3n) is 3.22. The van der Waals surface area contributed by atoms with E-state index in [-0.39, 0.29) is 5.71 Å². The predicted octanol–water partition coefficient (Wildman–Crippen LogP) is 2.29. The number of hydrogen-bond acceptors (Lipinski definition) is 2. The Kier molecular flexibility index (Phi) is 2.56. The van der Waals surface area contributed by atoms with Gasteiger partial charge in [-0.3, -0.25) is 9.59 Å². The minimum atomic E-state index is -1.03. The number of hydrogen-bond donors (Lipinski definition) is 0. The molecule has 3 rings (SSSR count).